The summed E-state index contributed by atoms with van der Waals surface area (Å²) >= 11 is 0. The van der Waals surface area contributed by atoms with E-state index in [9.17, 15) is 9.59 Å². The standard InChI is InChI=1S/C27H29N5O4/c1-18(33)31-14-12-21(13-15-31)26-28-25(30-36-26)24-16-23(29-35-2)17-32(24)27(34)22-10-8-20(9-11-22)19-6-4-3-5-7-19/h3-11,21,24H,12-17H2,1-2H3. The van der Waals surface area contributed by atoms with E-state index in [1.807, 2.05) is 59.5 Å². The predicted octanol–water partition coefficient (Wildman–Crippen LogP) is 4.05. The molecule has 0 spiro atoms. The Morgan fingerprint density at radius 2 is 1.72 bits per heavy atom. The van der Waals surface area contributed by atoms with Gasteiger partial charge in [0.25, 0.3) is 5.91 Å². The molecule has 1 aromatic heterocycles. The molecule has 3 heterocycles. The highest BCUT2D eigenvalue weighted by atomic mass is 16.6. The molecule has 9 nitrogen and oxygen atoms in total. The summed E-state index contributed by atoms with van der Waals surface area (Å²) in [5.74, 6) is 1.09. The van der Waals surface area contributed by atoms with Gasteiger partial charge in [0.15, 0.2) is 5.82 Å². The highest BCUT2D eigenvalue weighted by Crippen LogP contribution is 2.33. The molecule has 1 atom stereocenters. The van der Waals surface area contributed by atoms with Crippen molar-refractivity contribution >= 4 is 17.5 Å². The van der Waals surface area contributed by atoms with Gasteiger partial charge >= 0.3 is 0 Å². The first-order valence-corrected chi connectivity index (χ1v) is 12.2. The zero-order valence-electron chi connectivity index (χ0n) is 20.5. The third-order valence-corrected chi connectivity index (χ3v) is 6.92. The van der Waals surface area contributed by atoms with E-state index in [4.69, 9.17) is 9.36 Å². The zero-order chi connectivity index (χ0) is 25.1. The summed E-state index contributed by atoms with van der Waals surface area (Å²) in [4.78, 5) is 38.4. The van der Waals surface area contributed by atoms with Gasteiger partial charge in [-0.05, 0) is 36.1 Å². The van der Waals surface area contributed by atoms with Gasteiger partial charge in [-0.15, -0.1) is 0 Å². The van der Waals surface area contributed by atoms with Crippen LogP contribution in [0.4, 0.5) is 0 Å². The highest BCUT2D eigenvalue weighted by Gasteiger charge is 2.38. The third kappa shape index (κ3) is 4.86. The van der Waals surface area contributed by atoms with Crippen LogP contribution in [0.2, 0.25) is 0 Å². The second-order valence-corrected chi connectivity index (χ2v) is 9.21. The lowest BCUT2D eigenvalue weighted by molar-refractivity contribution is -0.129. The van der Waals surface area contributed by atoms with Crippen LogP contribution in [0.3, 0.4) is 0 Å². The molecule has 1 unspecified atom stereocenters. The Hall–Kier alpha value is -4.01. The minimum atomic E-state index is -0.394. The SMILES string of the molecule is CON=C1CC(c2noc(C3CCN(C(C)=O)CC3)n2)N(C(=O)c2ccc(-c3ccccc3)cc2)C1. The van der Waals surface area contributed by atoms with E-state index in [-0.39, 0.29) is 17.7 Å². The smallest absolute Gasteiger partial charge is 0.254 e. The summed E-state index contributed by atoms with van der Waals surface area (Å²) < 4.78 is 5.63. The summed E-state index contributed by atoms with van der Waals surface area (Å²) in [6.07, 6.45) is 2.03. The van der Waals surface area contributed by atoms with Gasteiger partial charge in [0.1, 0.15) is 13.2 Å². The van der Waals surface area contributed by atoms with Gasteiger partial charge in [-0.3, -0.25) is 9.59 Å². The van der Waals surface area contributed by atoms with E-state index in [0.717, 1.165) is 29.7 Å². The minimum absolute atomic E-state index is 0.0848. The van der Waals surface area contributed by atoms with Gasteiger partial charge in [-0.2, -0.15) is 4.98 Å². The topological polar surface area (TPSA) is 101 Å². The summed E-state index contributed by atoms with van der Waals surface area (Å²) in [5, 5.41) is 8.35. The number of nitrogens with zero attached hydrogens (tertiary/aromatic N) is 5. The maximum atomic E-state index is 13.5. The van der Waals surface area contributed by atoms with Crippen LogP contribution in [0.1, 0.15) is 60.2 Å². The van der Waals surface area contributed by atoms with Gasteiger partial charge in [-0.25, -0.2) is 0 Å². The van der Waals surface area contributed by atoms with Crippen LogP contribution in [0.5, 0.6) is 0 Å². The van der Waals surface area contributed by atoms with Crippen LogP contribution in [0.15, 0.2) is 64.3 Å². The van der Waals surface area contributed by atoms with Crippen molar-refractivity contribution in [3.63, 3.8) is 0 Å². The Morgan fingerprint density at radius 3 is 2.39 bits per heavy atom. The van der Waals surface area contributed by atoms with Crippen LogP contribution in [-0.2, 0) is 9.63 Å². The number of benzene rings is 2. The van der Waals surface area contributed by atoms with E-state index in [2.05, 4.69) is 15.3 Å². The number of carbonyl (C=O) groups excluding carboxylic acids is 2. The molecular formula is C27H29N5O4. The fourth-order valence-corrected chi connectivity index (χ4v) is 4.94. The molecule has 186 valence electrons. The molecule has 2 aliphatic heterocycles. The maximum absolute atomic E-state index is 13.5. The Balaban J connectivity index is 1.34. The summed E-state index contributed by atoms with van der Waals surface area (Å²) in [6.45, 7) is 3.27. The molecule has 9 heteroatoms. The largest absolute Gasteiger partial charge is 0.399 e. The van der Waals surface area contributed by atoms with Crippen molar-refractivity contribution in [3.8, 4) is 11.1 Å². The minimum Gasteiger partial charge on any atom is -0.399 e. The molecule has 2 aliphatic rings. The Morgan fingerprint density at radius 1 is 1.03 bits per heavy atom. The summed E-state index contributed by atoms with van der Waals surface area (Å²) in [6, 6.07) is 17.3. The van der Waals surface area contributed by atoms with Gasteiger partial charge in [0.2, 0.25) is 11.8 Å². The number of rotatable bonds is 5. The number of piperidine rings is 1. The number of carbonyl (C=O) groups is 2. The Labute approximate surface area is 209 Å². The van der Waals surface area contributed by atoms with E-state index in [1.165, 1.54) is 7.11 Å². The molecule has 2 fully saturated rings. The average molecular weight is 488 g/mol. The van der Waals surface area contributed by atoms with Crippen LogP contribution < -0.4 is 0 Å². The molecule has 3 aromatic rings. The molecular weight excluding hydrogens is 458 g/mol. The van der Waals surface area contributed by atoms with Crippen LogP contribution >= 0.6 is 0 Å². The number of oxime groups is 1. The quantitative estimate of drug-likeness (QED) is 0.503. The first kappa shape index (κ1) is 23.7. The highest BCUT2D eigenvalue weighted by molar-refractivity contribution is 6.00. The number of hydrogen-bond acceptors (Lipinski definition) is 7. The number of aromatic nitrogens is 2. The van der Waals surface area contributed by atoms with Gasteiger partial charge in [0.05, 0.1) is 12.3 Å². The lowest BCUT2D eigenvalue weighted by Gasteiger charge is -2.29. The molecule has 36 heavy (non-hydrogen) atoms. The fourth-order valence-electron chi connectivity index (χ4n) is 4.94. The van der Waals surface area contributed by atoms with Crippen molar-refractivity contribution in [1.82, 2.24) is 19.9 Å². The van der Waals surface area contributed by atoms with E-state index in [0.29, 0.717) is 43.3 Å². The summed E-state index contributed by atoms with van der Waals surface area (Å²) in [5.41, 5.74) is 3.47. The van der Waals surface area contributed by atoms with Gasteiger partial charge in [-0.1, -0.05) is 52.8 Å². The molecule has 0 radical (unpaired) electrons. The molecule has 5 rings (SSSR count). The van der Waals surface area contributed by atoms with Crippen LogP contribution in [0, 0.1) is 0 Å². The fraction of sp³-hybridized carbons (Fsp3) is 0.370. The van der Waals surface area contributed by atoms with Gasteiger partial charge < -0.3 is 19.2 Å². The second-order valence-electron chi connectivity index (χ2n) is 9.21. The normalized spacial score (nSPS) is 19.6. The second kappa shape index (κ2) is 10.3. The number of hydrogen-bond donors (Lipinski definition) is 0. The lowest BCUT2D eigenvalue weighted by atomic mass is 9.97. The average Bonchev–Trinajstić information content (AvgIpc) is 3.57. The molecule has 0 bridgehead atoms. The van der Waals surface area contributed by atoms with Crippen molar-refractivity contribution in [3.05, 3.63) is 71.9 Å². The summed E-state index contributed by atoms with van der Waals surface area (Å²) in [7, 11) is 1.49. The molecule has 0 N–H and O–H groups in total. The predicted molar refractivity (Wildman–Crippen MR) is 133 cm³/mol. The molecule has 0 aliphatic carbocycles. The Kier molecular flexibility index (Phi) is 6.79. The molecule has 0 saturated carbocycles. The lowest BCUT2D eigenvalue weighted by Crippen LogP contribution is -2.36. The molecule has 2 amide bonds. The van der Waals surface area contributed by atoms with E-state index >= 15 is 0 Å². The van der Waals surface area contributed by atoms with E-state index < -0.39 is 6.04 Å². The van der Waals surface area contributed by atoms with Crippen LogP contribution in [-0.4, -0.2) is 64.2 Å². The monoisotopic (exact) mass is 487 g/mol. The van der Waals surface area contributed by atoms with Crippen molar-refractivity contribution in [2.24, 2.45) is 5.16 Å². The molecule has 2 aromatic carbocycles. The maximum Gasteiger partial charge on any atom is 0.254 e. The zero-order valence-corrected chi connectivity index (χ0v) is 20.5. The number of likely N-dealkylation sites (tertiary alicyclic amines) is 2. The first-order chi connectivity index (χ1) is 17.5. The van der Waals surface area contributed by atoms with Crippen LogP contribution in [0.25, 0.3) is 11.1 Å². The third-order valence-electron chi connectivity index (χ3n) is 6.92. The Bertz CT molecular complexity index is 1250. The van der Waals surface area contributed by atoms with Crippen molar-refractivity contribution < 1.29 is 18.9 Å². The van der Waals surface area contributed by atoms with Crippen molar-refractivity contribution in [1.29, 1.82) is 0 Å². The van der Waals surface area contributed by atoms with E-state index in [1.54, 1.807) is 11.8 Å². The van der Waals surface area contributed by atoms with Crippen molar-refractivity contribution in [2.75, 3.05) is 26.7 Å². The van der Waals surface area contributed by atoms with Crippen molar-refractivity contribution in [2.45, 2.75) is 38.1 Å². The van der Waals surface area contributed by atoms with Gasteiger partial charge in [0, 0.05) is 37.9 Å². The number of amides is 2. The first-order valence-electron chi connectivity index (χ1n) is 12.2. The molecule has 2 saturated heterocycles.